The quantitative estimate of drug-likeness (QED) is 0.701. The maximum atomic E-state index is 4.60. The molecule has 18 heavy (non-hydrogen) atoms. The molecule has 0 amide bonds. The number of hydrogen-bond acceptors (Lipinski definition) is 3. The zero-order chi connectivity index (χ0) is 12.5. The highest BCUT2D eigenvalue weighted by molar-refractivity contribution is 7.19. The smallest absolute Gasteiger partial charge is 0.117 e. The Kier molecular flexibility index (Phi) is 2.72. The summed E-state index contributed by atoms with van der Waals surface area (Å²) in [5, 5.41) is 5.16. The molecule has 0 atom stereocenters. The lowest BCUT2D eigenvalue weighted by atomic mass is 10.2. The molecule has 2 heterocycles. The van der Waals surface area contributed by atoms with Crippen molar-refractivity contribution in [2.45, 2.75) is 6.92 Å². The van der Waals surface area contributed by atoms with Gasteiger partial charge in [0.2, 0.25) is 0 Å². The molecule has 2 aromatic heterocycles. The van der Waals surface area contributed by atoms with E-state index in [9.17, 15) is 0 Å². The number of fused-ring (bicyclic) bond motifs is 1. The molecule has 0 aliphatic heterocycles. The van der Waals surface area contributed by atoms with Gasteiger partial charge in [-0.2, -0.15) is 5.10 Å². The fourth-order valence-electron chi connectivity index (χ4n) is 1.82. The first-order valence-corrected chi connectivity index (χ1v) is 6.56. The maximum absolute atomic E-state index is 4.60. The molecule has 3 nitrogen and oxygen atoms in total. The van der Waals surface area contributed by atoms with Crippen LogP contribution in [0.3, 0.4) is 0 Å². The molecule has 1 aromatic carbocycles. The number of hydrogen-bond donors (Lipinski definition) is 0. The van der Waals surface area contributed by atoms with Crippen molar-refractivity contribution < 1.29 is 0 Å². The lowest BCUT2D eigenvalue weighted by Gasteiger charge is -1.88. The van der Waals surface area contributed by atoms with Crippen LogP contribution in [-0.2, 0) is 7.05 Å². The SMILES string of the molecule is Cc1ccc2sc(/C=C/c3cnn(C)c3)nc2c1. The predicted octanol–water partition coefficient (Wildman–Crippen LogP) is 3.51. The van der Waals surface area contributed by atoms with Gasteiger partial charge in [0.25, 0.3) is 0 Å². The Morgan fingerprint density at radius 1 is 1.28 bits per heavy atom. The molecule has 0 fully saturated rings. The minimum absolute atomic E-state index is 1.03. The molecule has 0 bridgehead atoms. The van der Waals surface area contributed by atoms with Crippen molar-refractivity contribution >= 4 is 33.7 Å². The predicted molar refractivity (Wildman–Crippen MR) is 76.5 cm³/mol. The van der Waals surface area contributed by atoms with E-state index < -0.39 is 0 Å². The largest absolute Gasteiger partial charge is 0.275 e. The van der Waals surface area contributed by atoms with E-state index in [0.29, 0.717) is 0 Å². The molecule has 0 saturated heterocycles. The molecular weight excluding hydrogens is 242 g/mol. The monoisotopic (exact) mass is 255 g/mol. The molecule has 0 spiro atoms. The van der Waals surface area contributed by atoms with Crippen molar-refractivity contribution in [3.63, 3.8) is 0 Å². The molecule has 3 aromatic rings. The summed E-state index contributed by atoms with van der Waals surface area (Å²) in [6, 6.07) is 6.37. The van der Waals surface area contributed by atoms with E-state index in [1.165, 1.54) is 10.3 Å². The lowest BCUT2D eigenvalue weighted by molar-refractivity contribution is 0.767. The fraction of sp³-hybridized carbons (Fsp3) is 0.143. The summed E-state index contributed by atoms with van der Waals surface area (Å²) in [6.07, 6.45) is 7.90. The summed E-state index contributed by atoms with van der Waals surface area (Å²) >= 11 is 1.71. The second-order valence-corrected chi connectivity index (χ2v) is 5.37. The van der Waals surface area contributed by atoms with Gasteiger partial charge in [0.15, 0.2) is 0 Å². The van der Waals surface area contributed by atoms with Gasteiger partial charge in [-0.25, -0.2) is 4.98 Å². The topological polar surface area (TPSA) is 30.7 Å². The van der Waals surface area contributed by atoms with E-state index in [4.69, 9.17) is 0 Å². The van der Waals surface area contributed by atoms with Crippen molar-refractivity contribution in [3.05, 3.63) is 46.7 Å². The minimum atomic E-state index is 1.03. The Hall–Kier alpha value is -1.94. The average molecular weight is 255 g/mol. The third kappa shape index (κ3) is 2.19. The molecule has 90 valence electrons. The summed E-state index contributed by atoms with van der Waals surface area (Å²) < 4.78 is 3.02. The summed E-state index contributed by atoms with van der Waals surface area (Å²) in [5.41, 5.74) is 3.41. The lowest BCUT2D eigenvalue weighted by Crippen LogP contribution is -1.83. The van der Waals surface area contributed by atoms with Crippen molar-refractivity contribution in [1.29, 1.82) is 0 Å². The highest BCUT2D eigenvalue weighted by atomic mass is 32.1. The molecule has 4 heteroatoms. The molecular formula is C14H13N3S. The standard InChI is InChI=1S/C14H13N3S/c1-10-3-5-13-12(7-10)16-14(18-13)6-4-11-8-15-17(2)9-11/h3-9H,1-2H3/b6-4+. The number of rotatable bonds is 2. The van der Waals surface area contributed by atoms with Crippen LogP contribution in [0, 0.1) is 6.92 Å². The van der Waals surface area contributed by atoms with Crippen LogP contribution in [-0.4, -0.2) is 14.8 Å². The number of aryl methyl sites for hydroxylation is 2. The average Bonchev–Trinajstić information content (AvgIpc) is 2.92. The molecule has 0 N–H and O–H groups in total. The van der Waals surface area contributed by atoms with Crippen LogP contribution in [0.1, 0.15) is 16.1 Å². The van der Waals surface area contributed by atoms with Crippen LogP contribution in [0.2, 0.25) is 0 Å². The van der Waals surface area contributed by atoms with Crippen molar-refractivity contribution in [2.75, 3.05) is 0 Å². The normalized spacial score (nSPS) is 11.7. The van der Waals surface area contributed by atoms with Gasteiger partial charge < -0.3 is 0 Å². The maximum Gasteiger partial charge on any atom is 0.117 e. The zero-order valence-electron chi connectivity index (χ0n) is 10.3. The Morgan fingerprint density at radius 3 is 2.94 bits per heavy atom. The minimum Gasteiger partial charge on any atom is -0.275 e. The van der Waals surface area contributed by atoms with Gasteiger partial charge in [0, 0.05) is 18.8 Å². The Bertz CT molecular complexity index is 722. The van der Waals surface area contributed by atoms with E-state index in [1.54, 1.807) is 16.0 Å². The molecule has 3 rings (SSSR count). The summed E-state index contributed by atoms with van der Waals surface area (Å²) in [7, 11) is 1.91. The molecule has 0 aliphatic rings. The summed E-state index contributed by atoms with van der Waals surface area (Å²) in [5.74, 6) is 0. The molecule has 0 aliphatic carbocycles. The molecule has 0 radical (unpaired) electrons. The van der Waals surface area contributed by atoms with Crippen LogP contribution >= 0.6 is 11.3 Å². The van der Waals surface area contributed by atoms with Crippen LogP contribution in [0.5, 0.6) is 0 Å². The van der Waals surface area contributed by atoms with E-state index in [1.807, 2.05) is 31.6 Å². The Balaban J connectivity index is 1.93. The third-order valence-corrected chi connectivity index (χ3v) is 3.70. The van der Waals surface area contributed by atoms with Gasteiger partial charge in [0.1, 0.15) is 5.01 Å². The van der Waals surface area contributed by atoms with Gasteiger partial charge in [0.05, 0.1) is 16.4 Å². The van der Waals surface area contributed by atoms with Crippen LogP contribution in [0.4, 0.5) is 0 Å². The molecule has 0 saturated carbocycles. The van der Waals surface area contributed by atoms with Gasteiger partial charge >= 0.3 is 0 Å². The van der Waals surface area contributed by atoms with Crippen LogP contribution < -0.4 is 0 Å². The number of nitrogens with zero attached hydrogens (tertiary/aromatic N) is 3. The summed E-state index contributed by atoms with van der Waals surface area (Å²) in [4.78, 5) is 4.60. The molecule has 0 unspecified atom stereocenters. The van der Waals surface area contributed by atoms with Gasteiger partial charge in [-0.15, -0.1) is 11.3 Å². The van der Waals surface area contributed by atoms with Crippen molar-refractivity contribution in [2.24, 2.45) is 7.05 Å². The van der Waals surface area contributed by atoms with Crippen LogP contribution in [0.25, 0.3) is 22.4 Å². The zero-order valence-corrected chi connectivity index (χ0v) is 11.1. The first-order valence-electron chi connectivity index (χ1n) is 5.75. The van der Waals surface area contributed by atoms with Gasteiger partial charge in [-0.1, -0.05) is 6.07 Å². The highest BCUT2D eigenvalue weighted by Gasteiger charge is 2.01. The van der Waals surface area contributed by atoms with Crippen LogP contribution in [0.15, 0.2) is 30.6 Å². The van der Waals surface area contributed by atoms with Gasteiger partial charge in [-0.3, -0.25) is 4.68 Å². The number of aromatic nitrogens is 3. The summed E-state index contributed by atoms with van der Waals surface area (Å²) in [6.45, 7) is 2.09. The van der Waals surface area contributed by atoms with Crippen molar-refractivity contribution in [1.82, 2.24) is 14.8 Å². The third-order valence-electron chi connectivity index (χ3n) is 2.70. The van der Waals surface area contributed by atoms with E-state index in [0.717, 1.165) is 16.1 Å². The first kappa shape index (κ1) is 11.2. The highest BCUT2D eigenvalue weighted by Crippen LogP contribution is 2.24. The fourth-order valence-corrected chi connectivity index (χ4v) is 2.67. The second kappa shape index (κ2) is 4.38. The number of benzene rings is 1. The van der Waals surface area contributed by atoms with E-state index in [-0.39, 0.29) is 0 Å². The van der Waals surface area contributed by atoms with E-state index >= 15 is 0 Å². The number of thiazole rings is 1. The Morgan fingerprint density at radius 2 is 2.17 bits per heavy atom. The van der Waals surface area contributed by atoms with Gasteiger partial charge in [-0.05, 0) is 36.8 Å². The second-order valence-electron chi connectivity index (χ2n) is 4.30. The first-order chi connectivity index (χ1) is 8.70. The van der Waals surface area contributed by atoms with E-state index in [2.05, 4.69) is 35.2 Å². The van der Waals surface area contributed by atoms with Crippen molar-refractivity contribution in [3.8, 4) is 0 Å². The Labute approximate surface area is 109 Å².